The number of benzene rings is 1. The highest BCUT2D eigenvalue weighted by Gasteiger charge is 2.20. The number of carbonyl (C=O) groups is 2. The van der Waals surface area contributed by atoms with Crippen molar-refractivity contribution in [2.24, 2.45) is 0 Å². The molecule has 4 nitrogen and oxygen atoms in total. The highest BCUT2D eigenvalue weighted by atomic mass is 79.9. The molecule has 0 radical (unpaired) electrons. The molecule has 0 aliphatic carbocycles. The van der Waals surface area contributed by atoms with Crippen molar-refractivity contribution in [1.82, 2.24) is 4.98 Å². The van der Waals surface area contributed by atoms with Gasteiger partial charge in [0.2, 0.25) is 0 Å². The lowest BCUT2D eigenvalue weighted by Gasteiger charge is -2.03. The fraction of sp³-hybridized carbons (Fsp3) is 0.154. The molecule has 0 unspecified atom stereocenters. The molecule has 1 aromatic heterocycles. The molecule has 110 valence electrons. The smallest absolute Gasteiger partial charge is 0.263 e. The Morgan fingerprint density at radius 1 is 1.33 bits per heavy atom. The number of ketones is 1. The average Bonchev–Trinajstić information content (AvgIpc) is 2.78. The van der Waals surface area contributed by atoms with Gasteiger partial charge in [-0.3, -0.25) is 14.9 Å². The molecule has 0 atom stereocenters. The van der Waals surface area contributed by atoms with E-state index >= 15 is 0 Å². The number of aryl methyl sites for hydroxylation is 1. The minimum Gasteiger partial charge on any atom is -0.298 e. The molecule has 1 aromatic carbocycles. The van der Waals surface area contributed by atoms with Crippen LogP contribution in [0.15, 0.2) is 18.2 Å². The fourth-order valence-electron chi connectivity index (χ4n) is 1.64. The summed E-state index contributed by atoms with van der Waals surface area (Å²) in [4.78, 5) is 27.9. The first kappa shape index (κ1) is 15.7. The van der Waals surface area contributed by atoms with E-state index in [9.17, 15) is 18.4 Å². The Kier molecular flexibility index (Phi) is 4.79. The fourth-order valence-corrected chi connectivity index (χ4v) is 3.01. The number of anilines is 1. The van der Waals surface area contributed by atoms with Gasteiger partial charge in [-0.1, -0.05) is 33.3 Å². The first-order valence-corrected chi connectivity index (χ1v) is 7.69. The first-order chi connectivity index (χ1) is 9.93. The zero-order valence-corrected chi connectivity index (χ0v) is 13.1. The number of hydrogen-bond acceptors (Lipinski definition) is 4. The quantitative estimate of drug-likeness (QED) is 0.657. The topological polar surface area (TPSA) is 59.1 Å². The largest absolute Gasteiger partial charge is 0.298 e. The van der Waals surface area contributed by atoms with Crippen molar-refractivity contribution < 1.29 is 18.4 Å². The van der Waals surface area contributed by atoms with E-state index in [4.69, 9.17) is 0 Å². The van der Waals surface area contributed by atoms with Crippen LogP contribution in [-0.4, -0.2) is 22.0 Å². The maximum absolute atomic E-state index is 13.5. The van der Waals surface area contributed by atoms with Crippen molar-refractivity contribution in [1.29, 1.82) is 0 Å². The van der Waals surface area contributed by atoms with Crippen LogP contribution >= 0.6 is 27.3 Å². The number of nitrogens with zero attached hydrogens (tertiary/aromatic N) is 1. The van der Waals surface area contributed by atoms with E-state index in [1.165, 1.54) is 6.07 Å². The highest BCUT2D eigenvalue weighted by Crippen LogP contribution is 2.24. The molecule has 0 saturated carbocycles. The standard InChI is InChI=1S/C13H9BrF2N2O2S/c1-6-11(9(19)5-14)21-13(17-6)18-12(20)10-7(15)3-2-4-8(10)16/h2-4H,5H2,1H3,(H,17,18,20). The number of carbonyl (C=O) groups excluding carboxylic acids is 2. The maximum Gasteiger partial charge on any atom is 0.263 e. The number of nitrogens with one attached hydrogen (secondary N) is 1. The molecule has 0 fully saturated rings. The summed E-state index contributed by atoms with van der Waals surface area (Å²) in [5.41, 5.74) is -0.229. The lowest BCUT2D eigenvalue weighted by molar-refractivity contribution is 0.101. The summed E-state index contributed by atoms with van der Waals surface area (Å²) in [5, 5.41) is 2.55. The van der Waals surface area contributed by atoms with E-state index in [2.05, 4.69) is 26.2 Å². The van der Waals surface area contributed by atoms with Crippen LogP contribution in [0.4, 0.5) is 13.9 Å². The van der Waals surface area contributed by atoms with E-state index in [-0.39, 0.29) is 16.2 Å². The molecule has 1 heterocycles. The predicted molar refractivity (Wildman–Crippen MR) is 79.3 cm³/mol. The maximum atomic E-state index is 13.5. The molecular weight excluding hydrogens is 366 g/mol. The minimum absolute atomic E-state index is 0.115. The van der Waals surface area contributed by atoms with E-state index in [0.29, 0.717) is 10.6 Å². The third-order valence-corrected chi connectivity index (χ3v) is 4.20. The normalized spacial score (nSPS) is 10.5. The van der Waals surface area contributed by atoms with E-state index in [0.717, 1.165) is 23.5 Å². The molecule has 0 aliphatic rings. The van der Waals surface area contributed by atoms with Crippen molar-refractivity contribution in [2.45, 2.75) is 6.92 Å². The van der Waals surface area contributed by atoms with Gasteiger partial charge in [-0.25, -0.2) is 13.8 Å². The van der Waals surface area contributed by atoms with Gasteiger partial charge in [0, 0.05) is 0 Å². The second-order valence-corrected chi connectivity index (χ2v) is 5.60. The summed E-state index contributed by atoms with van der Waals surface area (Å²) >= 11 is 4.00. The Morgan fingerprint density at radius 2 is 1.95 bits per heavy atom. The molecule has 0 bridgehead atoms. The molecule has 0 aliphatic heterocycles. The third-order valence-electron chi connectivity index (χ3n) is 2.58. The number of alkyl halides is 1. The van der Waals surface area contributed by atoms with Crippen LogP contribution in [0.2, 0.25) is 0 Å². The van der Waals surface area contributed by atoms with E-state index < -0.39 is 23.1 Å². The number of aromatic nitrogens is 1. The lowest BCUT2D eigenvalue weighted by Crippen LogP contribution is -2.15. The Bertz CT molecular complexity index is 698. The second-order valence-electron chi connectivity index (χ2n) is 4.04. The van der Waals surface area contributed by atoms with Crippen molar-refractivity contribution in [3.8, 4) is 0 Å². The number of rotatable bonds is 4. The van der Waals surface area contributed by atoms with Crippen LogP contribution in [-0.2, 0) is 0 Å². The third kappa shape index (κ3) is 3.33. The van der Waals surface area contributed by atoms with Gasteiger partial charge in [-0.05, 0) is 19.1 Å². The molecule has 1 amide bonds. The molecule has 2 rings (SSSR count). The predicted octanol–water partition coefficient (Wildman–Crippen LogP) is 3.56. The van der Waals surface area contributed by atoms with Crippen LogP contribution in [0.1, 0.15) is 25.7 Å². The molecule has 0 spiro atoms. The average molecular weight is 375 g/mol. The monoisotopic (exact) mass is 374 g/mol. The van der Waals surface area contributed by atoms with Crippen LogP contribution in [0.3, 0.4) is 0 Å². The summed E-state index contributed by atoms with van der Waals surface area (Å²) in [6, 6.07) is 3.15. The number of Topliss-reactive ketones (excluding diaryl/α,β-unsaturated/α-hetero) is 1. The Morgan fingerprint density at radius 3 is 2.52 bits per heavy atom. The number of thiazole rings is 1. The first-order valence-electron chi connectivity index (χ1n) is 5.76. The van der Waals surface area contributed by atoms with E-state index in [1.54, 1.807) is 6.92 Å². The van der Waals surface area contributed by atoms with Crippen molar-refractivity contribution in [3.63, 3.8) is 0 Å². The number of halogens is 3. The van der Waals surface area contributed by atoms with Crippen molar-refractivity contribution >= 4 is 44.1 Å². The van der Waals surface area contributed by atoms with Gasteiger partial charge in [0.15, 0.2) is 10.9 Å². The zero-order valence-electron chi connectivity index (χ0n) is 10.7. The summed E-state index contributed by atoms with van der Waals surface area (Å²) in [7, 11) is 0. The minimum atomic E-state index is -0.961. The van der Waals surface area contributed by atoms with Crippen LogP contribution in [0.25, 0.3) is 0 Å². The molecular formula is C13H9BrF2N2O2S. The van der Waals surface area contributed by atoms with Gasteiger partial charge in [-0.2, -0.15) is 0 Å². The van der Waals surface area contributed by atoms with E-state index in [1.807, 2.05) is 0 Å². The van der Waals surface area contributed by atoms with Crippen molar-refractivity contribution in [2.75, 3.05) is 10.6 Å². The number of amides is 1. The summed E-state index contributed by atoms with van der Waals surface area (Å²) in [6.45, 7) is 1.62. The van der Waals surface area contributed by atoms with Gasteiger partial charge in [0.25, 0.3) is 5.91 Å². The Balaban J connectivity index is 2.26. The Labute approximate surface area is 131 Å². The van der Waals surface area contributed by atoms with Gasteiger partial charge in [0.05, 0.1) is 15.9 Å². The van der Waals surface area contributed by atoms with Gasteiger partial charge >= 0.3 is 0 Å². The van der Waals surface area contributed by atoms with Gasteiger partial charge in [0.1, 0.15) is 17.2 Å². The molecule has 8 heteroatoms. The highest BCUT2D eigenvalue weighted by molar-refractivity contribution is 9.09. The summed E-state index contributed by atoms with van der Waals surface area (Å²) < 4.78 is 27.0. The second kappa shape index (κ2) is 6.40. The molecule has 21 heavy (non-hydrogen) atoms. The van der Waals surface area contributed by atoms with Crippen molar-refractivity contribution in [3.05, 3.63) is 46.0 Å². The summed E-state index contributed by atoms with van der Waals surface area (Å²) in [6.07, 6.45) is 0. The Hall–Kier alpha value is -1.67. The van der Waals surface area contributed by atoms with Gasteiger partial charge < -0.3 is 0 Å². The zero-order chi connectivity index (χ0) is 15.6. The molecule has 2 aromatic rings. The summed E-state index contributed by atoms with van der Waals surface area (Å²) in [5.74, 6) is -3.05. The van der Waals surface area contributed by atoms with Gasteiger partial charge in [-0.15, -0.1) is 0 Å². The SMILES string of the molecule is Cc1nc(NC(=O)c2c(F)cccc2F)sc1C(=O)CBr. The molecule has 0 saturated heterocycles. The lowest BCUT2D eigenvalue weighted by atomic mass is 10.2. The van der Waals surface area contributed by atoms with Crippen LogP contribution in [0, 0.1) is 18.6 Å². The number of hydrogen-bond donors (Lipinski definition) is 1. The molecule has 1 N–H and O–H groups in total. The van der Waals surface area contributed by atoms with Crippen LogP contribution in [0.5, 0.6) is 0 Å². The van der Waals surface area contributed by atoms with Crippen LogP contribution < -0.4 is 5.32 Å².